The van der Waals surface area contributed by atoms with E-state index >= 15 is 0 Å². The topological polar surface area (TPSA) is 77.9 Å². The van der Waals surface area contributed by atoms with Crippen LogP contribution in [-0.2, 0) is 9.59 Å². The molecule has 29 heavy (non-hydrogen) atoms. The van der Waals surface area contributed by atoms with Crippen LogP contribution >= 0.6 is 23.4 Å². The highest BCUT2D eigenvalue weighted by Gasteiger charge is 2.38. The van der Waals surface area contributed by atoms with Gasteiger partial charge in [-0.15, -0.1) is 0 Å². The molecule has 1 N–H and O–H groups in total. The molecule has 0 aliphatic carbocycles. The molecule has 0 aromatic heterocycles. The summed E-state index contributed by atoms with van der Waals surface area (Å²) in [4.78, 5) is 40.6. The third kappa shape index (κ3) is 5.50. The Morgan fingerprint density at radius 3 is 2.72 bits per heavy atom. The number of allylic oxidation sites excluding steroid dienone is 2. The zero-order valence-electron chi connectivity index (χ0n) is 15.9. The van der Waals surface area contributed by atoms with Crippen LogP contribution in [0.4, 0.5) is 4.79 Å². The van der Waals surface area contributed by atoms with E-state index in [2.05, 4.69) is 0 Å². The number of thioether (sulfide) groups is 1. The average Bonchev–Trinajstić information content (AvgIpc) is 2.96. The largest absolute Gasteiger partial charge is 0.396 e. The number of imide groups is 1. The van der Waals surface area contributed by atoms with E-state index in [1.807, 2.05) is 30.3 Å². The minimum Gasteiger partial charge on any atom is -0.396 e. The monoisotopic (exact) mass is 434 g/mol. The molecule has 0 saturated carbocycles. The molecule has 3 rings (SSSR count). The molecule has 1 aromatic carbocycles. The van der Waals surface area contributed by atoms with E-state index in [1.165, 1.54) is 6.08 Å². The Morgan fingerprint density at radius 2 is 2.00 bits per heavy atom. The summed E-state index contributed by atoms with van der Waals surface area (Å²) in [6.45, 7) is 0.302. The van der Waals surface area contributed by atoms with Crippen molar-refractivity contribution in [2.75, 3.05) is 19.7 Å². The van der Waals surface area contributed by atoms with Crippen LogP contribution in [0.25, 0.3) is 6.08 Å². The molecule has 2 fully saturated rings. The highest BCUT2D eigenvalue weighted by Crippen LogP contribution is 2.32. The maximum Gasteiger partial charge on any atom is 0.294 e. The molecule has 8 heteroatoms. The standard InChI is InChI=1S/C21H23ClN2O4S/c22-16(12-15-6-2-1-3-7-15)13-18-20(27)24(21(28)29-18)14-19(26)23-10-5-4-8-17(23)9-11-25/h1-3,6-7,12-13,17,25H,4-5,8-11,14H2. The fraction of sp³-hybridized carbons (Fsp3) is 0.381. The molecule has 3 amide bonds. The SMILES string of the molecule is O=C1SC(=CC(Cl)=Cc2ccccc2)C(=O)N1CC(=O)N1CCCCC1CCO. The van der Waals surface area contributed by atoms with Crippen LogP contribution in [0.15, 0.2) is 46.3 Å². The lowest BCUT2D eigenvalue weighted by Gasteiger charge is -2.36. The fourth-order valence-electron chi connectivity index (χ4n) is 3.52. The van der Waals surface area contributed by atoms with Gasteiger partial charge < -0.3 is 10.0 Å². The molecule has 2 aliphatic heterocycles. The van der Waals surface area contributed by atoms with Gasteiger partial charge in [-0.2, -0.15) is 0 Å². The van der Waals surface area contributed by atoms with E-state index in [1.54, 1.807) is 11.0 Å². The molecular formula is C21H23ClN2O4S. The molecule has 0 radical (unpaired) electrons. The normalized spacial score (nSPS) is 21.9. The number of amides is 3. The summed E-state index contributed by atoms with van der Waals surface area (Å²) in [5, 5.41) is 9.07. The Hall–Kier alpha value is -2.09. The lowest BCUT2D eigenvalue weighted by molar-refractivity contribution is -0.139. The number of carbonyl (C=O) groups is 3. The number of rotatable bonds is 6. The predicted octanol–water partition coefficient (Wildman–Crippen LogP) is 3.61. The number of hydrogen-bond donors (Lipinski definition) is 1. The van der Waals surface area contributed by atoms with Crippen molar-refractivity contribution in [3.8, 4) is 0 Å². The van der Waals surface area contributed by atoms with Crippen molar-refractivity contribution in [2.24, 2.45) is 0 Å². The van der Waals surface area contributed by atoms with Crippen LogP contribution in [0.1, 0.15) is 31.2 Å². The molecule has 1 aromatic rings. The Balaban J connectivity index is 1.68. The average molecular weight is 435 g/mol. The highest BCUT2D eigenvalue weighted by molar-refractivity contribution is 8.18. The fourth-order valence-corrected chi connectivity index (χ4v) is 4.64. The van der Waals surface area contributed by atoms with Gasteiger partial charge in [0.05, 0.1) is 4.91 Å². The second kappa shape index (κ2) is 10.1. The van der Waals surface area contributed by atoms with Crippen LogP contribution < -0.4 is 0 Å². The van der Waals surface area contributed by atoms with Crippen molar-refractivity contribution < 1.29 is 19.5 Å². The van der Waals surface area contributed by atoms with Gasteiger partial charge in [-0.05, 0) is 55.2 Å². The molecule has 1 atom stereocenters. The minimum absolute atomic E-state index is 0.00497. The molecule has 6 nitrogen and oxygen atoms in total. The predicted molar refractivity (Wildman–Crippen MR) is 114 cm³/mol. The first-order chi connectivity index (χ1) is 14.0. The smallest absolute Gasteiger partial charge is 0.294 e. The number of piperidine rings is 1. The molecular weight excluding hydrogens is 412 g/mol. The van der Waals surface area contributed by atoms with Crippen molar-refractivity contribution >= 4 is 46.5 Å². The van der Waals surface area contributed by atoms with Gasteiger partial charge in [0.1, 0.15) is 6.54 Å². The summed E-state index contributed by atoms with van der Waals surface area (Å²) in [5.41, 5.74) is 0.878. The van der Waals surface area contributed by atoms with Gasteiger partial charge >= 0.3 is 0 Å². The van der Waals surface area contributed by atoms with Crippen LogP contribution in [0.5, 0.6) is 0 Å². The van der Waals surface area contributed by atoms with E-state index in [0.717, 1.165) is 41.5 Å². The van der Waals surface area contributed by atoms with Gasteiger partial charge in [-0.1, -0.05) is 41.9 Å². The summed E-state index contributed by atoms with van der Waals surface area (Å²) >= 11 is 7.01. The van der Waals surface area contributed by atoms with Gasteiger partial charge in [-0.25, -0.2) is 0 Å². The quantitative estimate of drug-likeness (QED) is 0.692. The number of likely N-dealkylation sites (tertiary alicyclic amines) is 1. The van der Waals surface area contributed by atoms with E-state index in [9.17, 15) is 19.5 Å². The van der Waals surface area contributed by atoms with Crippen LogP contribution in [0, 0.1) is 0 Å². The first-order valence-corrected chi connectivity index (χ1v) is 10.8. The lowest BCUT2D eigenvalue weighted by atomic mass is 9.99. The first kappa shape index (κ1) is 21.6. The summed E-state index contributed by atoms with van der Waals surface area (Å²) in [5.74, 6) is -0.777. The Morgan fingerprint density at radius 1 is 1.24 bits per heavy atom. The van der Waals surface area contributed by atoms with Crippen molar-refractivity contribution in [3.63, 3.8) is 0 Å². The van der Waals surface area contributed by atoms with Gasteiger partial charge in [0.25, 0.3) is 11.1 Å². The van der Waals surface area contributed by atoms with Crippen LogP contribution in [0.2, 0.25) is 0 Å². The Bertz CT molecular complexity index is 838. The minimum atomic E-state index is -0.510. The summed E-state index contributed by atoms with van der Waals surface area (Å²) < 4.78 is 0. The Labute approximate surface area is 179 Å². The molecule has 0 spiro atoms. The molecule has 1 unspecified atom stereocenters. The third-order valence-electron chi connectivity index (χ3n) is 4.95. The van der Waals surface area contributed by atoms with E-state index < -0.39 is 11.1 Å². The molecule has 2 aliphatic rings. The maximum atomic E-state index is 12.7. The second-order valence-electron chi connectivity index (χ2n) is 6.96. The first-order valence-electron chi connectivity index (χ1n) is 9.57. The van der Waals surface area contributed by atoms with E-state index in [-0.39, 0.29) is 30.0 Å². The Kier molecular flexibility index (Phi) is 7.52. The number of aliphatic hydroxyl groups is 1. The summed E-state index contributed by atoms with van der Waals surface area (Å²) in [6.07, 6.45) is 6.38. The van der Waals surface area contributed by atoms with Crippen molar-refractivity contribution in [2.45, 2.75) is 31.7 Å². The van der Waals surface area contributed by atoms with Crippen molar-refractivity contribution in [1.29, 1.82) is 0 Å². The summed E-state index contributed by atoms with van der Waals surface area (Å²) in [6, 6.07) is 9.35. The molecule has 0 bridgehead atoms. The molecule has 154 valence electrons. The number of carbonyl (C=O) groups excluding carboxylic acids is 3. The number of aliphatic hydroxyl groups excluding tert-OH is 1. The number of halogens is 1. The van der Waals surface area contributed by atoms with Crippen molar-refractivity contribution in [1.82, 2.24) is 9.80 Å². The van der Waals surface area contributed by atoms with Crippen LogP contribution in [0.3, 0.4) is 0 Å². The molecule has 2 saturated heterocycles. The highest BCUT2D eigenvalue weighted by atomic mass is 35.5. The summed E-state index contributed by atoms with van der Waals surface area (Å²) in [7, 11) is 0. The zero-order chi connectivity index (χ0) is 20.8. The van der Waals surface area contributed by atoms with E-state index in [4.69, 9.17) is 11.6 Å². The zero-order valence-corrected chi connectivity index (χ0v) is 17.5. The van der Waals surface area contributed by atoms with Gasteiger partial charge in [0.2, 0.25) is 5.91 Å². The van der Waals surface area contributed by atoms with Crippen LogP contribution in [-0.4, -0.2) is 57.7 Å². The lowest BCUT2D eigenvalue weighted by Crippen LogP contribution is -2.49. The van der Waals surface area contributed by atoms with Gasteiger partial charge in [0.15, 0.2) is 0 Å². The molecule has 2 heterocycles. The second-order valence-corrected chi connectivity index (χ2v) is 8.39. The number of benzene rings is 1. The van der Waals surface area contributed by atoms with Crippen molar-refractivity contribution in [3.05, 3.63) is 51.9 Å². The number of nitrogens with zero attached hydrogens (tertiary/aromatic N) is 2. The van der Waals surface area contributed by atoms with Gasteiger partial charge in [-0.3, -0.25) is 19.3 Å². The van der Waals surface area contributed by atoms with Gasteiger partial charge in [0, 0.05) is 24.2 Å². The number of hydrogen-bond acceptors (Lipinski definition) is 5. The van der Waals surface area contributed by atoms with E-state index in [0.29, 0.717) is 18.0 Å². The third-order valence-corrected chi connectivity index (χ3v) is 6.08. The maximum absolute atomic E-state index is 12.7.